The van der Waals surface area contributed by atoms with Gasteiger partial charge >= 0.3 is 5.97 Å². The number of piperidine rings is 1. The van der Waals surface area contributed by atoms with E-state index in [-0.39, 0.29) is 0 Å². The van der Waals surface area contributed by atoms with Gasteiger partial charge in [-0.1, -0.05) is 6.07 Å². The van der Waals surface area contributed by atoms with E-state index in [1.807, 2.05) is 30.3 Å². The monoisotopic (exact) mass is 262 g/mol. The number of nitrogens with zero attached hydrogens (tertiary/aromatic N) is 2. The summed E-state index contributed by atoms with van der Waals surface area (Å²) in [6.45, 7) is 0.888. The minimum absolute atomic E-state index is 0.652. The zero-order valence-corrected chi connectivity index (χ0v) is 11.5. The van der Waals surface area contributed by atoms with Crippen LogP contribution in [-0.4, -0.2) is 40.1 Å². The standard InChI is InChI=1S/C15H22N2O2/c1-17-11-3-2-8-15(17,14(18)19)9-4-6-13-7-5-10-16-12-13/h5,7,10,12H,2-4,6,8-9,11H2,1H3,(H,18,19)/t15-/m1/s1. The fourth-order valence-corrected chi connectivity index (χ4v) is 3.00. The first kappa shape index (κ1) is 14.0. The number of carbonyl (C=O) groups is 1. The van der Waals surface area contributed by atoms with E-state index in [1.54, 1.807) is 6.20 Å². The number of aryl methyl sites for hydroxylation is 1. The maximum Gasteiger partial charge on any atom is 0.324 e. The summed E-state index contributed by atoms with van der Waals surface area (Å²) in [4.78, 5) is 17.8. The Bertz CT molecular complexity index is 421. The summed E-state index contributed by atoms with van der Waals surface area (Å²) in [5.41, 5.74) is 0.530. The van der Waals surface area contributed by atoms with Crippen LogP contribution in [0.2, 0.25) is 0 Å². The number of carboxylic acids is 1. The van der Waals surface area contributed by atoms with Gasteiger partial charge < -0.3 is 5.11 Å². The van der Waals surface area contributed by atoms with E-state index in [1.165, 1.54) is 5.56 Å². The molecule has 0 spiro atoms. The number of likely N-dealkylation sites (tertiary alicyclic amines) is 1. The summed E-state index contributed by atoms with van der Waals surface area (Å²) in [6.07, 6.45) is 9.02. The Hall–Kier alpha value is -1.42. The summed E-state index contributed by atoms with van der Waals surface area (Å²) < 4.78 is 0. The van der Waals surface area contributed by atoms with Crippen molar-refractivity contribution in [1.82, 2.24) is 9.88 Å². The Morgan fingerprint density at radius 2 is 2.37 bits per heavy atom. The van der Waals surface area contributed by atoms with Gasteiger partial charge in [-0.3, -0.25) is 14.7 Å². The van der Waals surface area contributed by atoms with Gasteiger partial charge in [0.05, 0.1) is 0 Å². The lowest BCUT2D eigenvalue weighted by molar-refractivity contribution is -0.153. The van der Waals surface area contributed by atoms with Crippen molar-refractivity contribution in [2.45, 2.75) is 44.1 Å². The van der Waals surface area contributed by atoms with Crippen molar-refractivity contribution in [2.24, 2.45) is 0 Å². The molecule has 1 aromatic rings. The highest BCUT2D eigenvalue weighted by molar-refractivity contribution is 5.78. The minimum Gasteiger partial charge on any atom is -0.480 e. The molecule has 1 aliphatic heterocycles. The molecule has 1 N–H and O–H groups in total. The Balaban J connectivity index is 1.96. The molecule has 0 unspecified atom stereocenters. The lowest BCUT2D eigenvalue weighted by Crippen LogP contribution is -2.55. The molecular formula is C15H22N2O2. The van der Waals surface area contributed by atoms with Crippen LogP contribution in [0, 0.1) is 0 Å². The molecule has 1 aromatic heterocycles. The number of carboxylic acid groups (broad SMARTS) is 1. The highest BCUT2D eigenvalue weighted by atomic mass is 16.4. The second-order valence-electron chi connectivity index (χ2n) is 5.43. The number of hydrogen-bond donors (Lipinski definition) is 1. The van der Waals surface area contributed by atoms with Gasteiger partial charge in [-0.25, -0.2) is 0 Å². The van der Waals surface area contributed by atoms with E-state index in [9.17, 15) is 9.90 Å². The molecule has 0 saturated carbocycles. The average Bonchev–Trinajstić information content (AvgIpc) is 2.42. The first-order chi connectivity index (χ1) is 9.15. The van der Waals surface area contributed by atoms with Crippen molar-refractivity contribution < 1.29 is 9.90 Å². The van der Waals surface area contributed by atoms with Crippen LogP contribution < -0.4 is 0 Å². The zero-order chi connectivity index (χ0) is 13.7. The quantitative estimate of drug-likeness (QED) is 0.885. The second-order valence-corrected chi connectivity index (χ2v) is 5.43. The van der Waals surface area contributed by atoms with Crippen molar-refractivity contribution in [2.75, 3.05) is 13.6 Å². The highest BCUT2D eigenvalue weighted by Gasteiger charge is 2.43. The van der Waals surface area contributed by atoms with Crippen LogP contribution in [-0.2, 0) is 11.2 Å². The maximum atomic E-state index is 11.7. The number of aromatic nitrogens is 1. The van der Waals surface area contributed by atoms with Crippen LogP contribution in [0.3, 0.4) is 0 Å². The van der Waals surface area contributed by atoms with Crippen molar-refractivity contribution in [3.8, 4) is 0 Å². The van der Waals surface area contributed by atoms with Gasteiger partial charge in [0.1, 0.15) is 5.54 Å². The van der Waals surface area contributed by atoms with Gasteiger partial charge in [-0.2, -0.15) is 0 Å². The highest BCUT2D eigenvalue weighted by Crippen LogP contribution is 2.32. The van der Waals surface area contributed by atoms with E-state index in [0.29, 0.717) is 6.42 Å². The molecule has 0 aliphatic carbocycles. The Morgan fingerprint density at radius 3 is 3.00 bits per heavy atom. The normalized spacial score (nSPS) is 24.3. The van der Waals surface area contributed by atoms with Gasteiger partial charge in [0, 0.05) is 12.4 Å². The van der Waals surface area contributed by atoms with Crippen LogP contribution in [0.1, 0.15) is 37.7 Å². The molecule has 2 heterocycles. The third-order valence-electron chi connectivity index (χ3n) is 4.24. The molecular weight excluding hydrogens is 240 g/mol. The lowest BCUT2D eigenvalue weighted by Gasteiger charge is -2.42. The molecule has 1 atom stereocenters. The van der Waals surface area contributed by atoms with Gasteiger partial charge in [0.25, 0.3) is 0 Å². The maximum absolute atomic E-state index is 11.7. The molecule has 19 heavy (non-hydrogen) atoms. The molecule has 0 amide bonds. The van der Waals surface area contributed by atoms with Gasteiger partial charge in [0.2, 0.25) is 0 Å². The summed E-state index contributed by atoms with van der Waals surface area (Å²) >= 11 is 0. The van der Waals surface area contributed by atoms with Crippen molar-refractivity contribution in [1.29, 1.82) is 0 Å². The van der Waals surface area contributed by atoms with E-state index in [4.69, 9.17) is 0 Å². The molecule has 1 aliphatic rings. The number of likely N-dealkylation sites (N-methyl/N-ethyl adjacent to an activating group) is 1. The molecule has 0 radical (unpaired) electrons. The van der Waals surface area contributed by atoms with Crippen molar-refractivity contribution in [3.05, 3.63) is 30.1 Å². The smallest absolute Gasteiger partial charge is 0.324 e. The predicted molar refractivity (Wildman–Crippen MR) is 74.0 cm³/mol. The first-order valence-corrected chi connectivity index (χ1v) is 6.99. The molecule has 4 heteroatoms. The van der Waals surface area contributed by atoms with Crippen molar-refractivity contribution >= 4 is 5.97 Å². The molecule has 1 fully saturated rings. The molecule has 0 aromatic carbocycles. The number of pyridine rings is 1. The van der Waals surface area contributed by atoms with Crippen LogP contribution in [0.4, 0.5) is 0 Å². The van der Waals surface area contributed by atoms with Crippen LogP contribution >= 0.6 is 0 Å². The lowest BCUT2D eigenvalue weighted by atomic mass is 9.82. The van der Waals surface area contributed by atoms with Crippen molar-refractivity contribution in [3.63, 3.8) is 0 Å². The van der Waals surface area contributed by atoms with Crippen LogP contribution in [0.5, 0.6) is 0 Å². The molecule has 2 rings (SSSR count). The number of hydrogen-bond acceptors (Lipinski definition) is 3. The van der Waals surface area contributed by atoms with E-state index >= 15 is 0 Å². The summed E-state index contributed by atoms with van der Waals surface area (Å²) in [5.74, 6) is -0.666. The SMILES string of the molecule is CN1CCCC[C@@]1(CCCc1cccnc1)C(=O)O. The number of rotatable bonds is 5. The average molecular weight is 262 g/mol. The Kier molecular flexibility index (Phi) is 4.53. The summed E-state index contributed by atoms with van der Waals surface area (Å²) in [7, 11) is 1.94. The Labute approximate surface area is 114 Å². The molecule has 104 valence electrons. The predicted octanol–water partition coefficient (Wildman–Crippen LogP) is 2.34. The summed E-state index contributed by atoms with van der Waals surface area (Å²) in [5, 5.41) is 9.60. The zero-order valence-electron chi connectivity index (χ0n) is 11.5. The molecule has 4 nitrogen and oxygen atoms in total. The topological polar surface area (TPSA) is 53.4 Å². The largest absolute Gasteiger partial charge is 0.480 e. The molecule has 1 saturated heterocycles. The van der Waals surface area contributed by atoms with E-state index in [0.717, 1.165) is 38.6 Å². The van der Waals surface area contributed by atoms with Gasteiger partial charge in [0.15, 0.2) is 0 Å². The molecule has 0 bridgehead atoms. The van der Waals surface area contributed by atoms with Crippen LogP contribution in [0.15, 0.2) is 24.5 Å². The first-order valence-electron chi connectivity index (χ1n) is 6.99. The number of aliphatic carboxylic acids is 1. The van der Waals surface area contributed by atoms with Gasteiger partial charge in [-0.15, -0.1) is 0 Å². The fraction of sp³-hybridized carbons (Fsp3) is 0.600. The second kappa shape index (κ2) is 6.15. The third kappa shape index (κ3) is 3.13. The van der Waals surface area contributed by atoms with Crippen LogP contribution in [0.25, 0.3) is 0 Å². The van der Waals surface area contributed by atoms with E-state index < -0.39 is 11.5 Å². The minimum atomic E-state index is -0.666. The van der Waals surface area contributed by atoms with E-state index in [2.05, 4.69) is 4.98 Å². The Morgan fingerprint density at radius 1 is 1.53 bits per heavy atom. The fourth-order valence-electron chi connectivity index (χ4n) is 3.00. The third-order valence-corrected chi connectivity index (χ3v) is 4.24. The summed E-state index contributed by atoms with van der Waals surface area (Å²) in [6, 6.07) is 3.97. The van der Waals surface area contributed by atoms with Gasteiger partial charge in [-0.05, 0) is 63.7 Å².